The molecule has 7 heteroatoms. The van der Waals surface area contributed by atoms with E-state index in [-0.39, 0.29) is 17.9 Å². The fraction of sp³-hybridized carbons (Fsp3) is 0.435. The molecule has 0 saturated carbocycles. The van der Waals surface area contributed by atoms with Gasteiger partial charge in [0.15, 0.2) is 0 Å². The SMILES string of the molecule is CC(C)c1ccc(N2C[C@]34C=C[C@H](O3)[C@H](C(=O)N(C)Cc3nccs3)[C@H]4C2=O)cc1. The second-order valence-electron chi connectivity index (χ2n) is 8.69. The Morgan fingerprint density at radius 3 is 2.80 bits per heavy atom. The van der Waals surface area contributed by atoms with E-state index in [1.807, 2.05) is 29.7 Å². The Balaban J connectivity index is 1.40. The molecule has 4 heterocycles. The van der Waals surface area contributed by atoms with E-state index in [4.69, 9.17) is 4.74 Å². The van der Waals surface area contributed by atoms with Gasteiger partial charge in [-0.15, -0.1) is 11.3 Å². The molecular formula is C23H25N3O3S. The van der Waals surface area contributed by atoms with Gasteiger partial charge >= 0.3 is 0 Å². The molecule has 2 bridgehead atoms. The molecule has 1 spiro atoms. The Morgan fingerprint density at radius 1 is 1.37 bits per heavy atom. The van der Waals surface area contributed by atoms with Crippen molar-refractivity contribution in [2.45, 2.75) is 38.0 Å². The summed E-state index contributed by atoms with van der Waals surface area (Å²) in [4.78, 5) is 34.5. The average molecular weight is 424 g/mol. The summed E-state index contributed by atoms with van der Waals surface area (Å²) in [7, 11) is 1.77. The third kappa shape index (κ3) is 2.91. The molecular weight excluding hydrogens is 398 g/mol. The predicted octanol–water partition coefficient (Wildman–Crippen LogP) is 3.21. The fourth-order valence-electron chi connectivity index (χ4n) is 4.90. The maximum atomic E-state index is 13.5. The molecule has 30 heavy (non-hydrogen) atoms. The molecule has 2 saturated heterocycles. The van der Waals surface area contributed by atoms with Crippen molar-refractivity contribution in [2.24, 2.45) is 11.8 Å². The number of nitrogens with zero attached hydrogens (tertiary/aromatic N) is 3. The van der Waals surface area contributed by atoms with Crippen LogP contribution in [0.25, 0.3) is 0 Å². The van der Waals surface area contributed by atoms with Crippen LogP contribution in [0.15, 0.2) is 48.0 Å². The zero-order chi connectivity index (χ0) is 21.0. The summed E-state index contributed by atoms with van der Waals surface area (Å²) in [5.74, 6) is -0.628. The number of hydrogen-bond donors (Lipinski definition) is 0. The second kappa shape index (κ2) is 7.03. The van der Waals surface area contributed by atoms with Gasteiger partial charge in [-0.05, 0) is 23.6 Å². The molecule has 0 radical (unpaired) electrons. The number of anilines is 1. The van der Waals surface area contributed by atoms with Crippen LogP contribution in [0.2, 0.25) is 0 Å². The van der Waals surface area contributed by atoms with Gasteiger partial charge in [0, 0.05) is 24.3 Å². The number of hydrogen-bond acceptors (Lipinski definition) is 5. The van der Waals surface area contributed by atoms with E-state index < -0.39 is 17.4 Å². The highest BCUT2D eigenvalue weighted by Gasteiger charge is 2.67. The van der Waals surface area contributed by atoms with Crippen LogP contribution in [0, 0.1) is 11.8 Å². The summed E-state index contributed by atoms with van der Waals surface area (Å²) in [6, 6.07) is 8.12. The lowest BCUT2D eigenvalue weighted by Gasteiger charge is -2.27. The van der Waals surface area contributed by atoms with Gasteiger partial charge in [-0.3, -0.25) is 9.59 Å². The predicted molar refractivity (Wildman–Crippen MR) is 115 cm³/mol. The third-order valence-electron chi connectivity index (χ3n) is 6.49. The van der Waals surface area contributed by atoms with E-state index in [9.17, 15) is 9.59 Å². The Hall–Kier alpha value is -2.51. The highest BCUT2D eigenvalue weighted by molar-refractivity contribution is 7.09. The number of carbonyl (C=O) groups is 2. The lowest BCUT2D eigenvalue weighted by atomic mass is 9.76. The van der Waals surface area contributed by atoms with E-state index in [0.717, 1.165) is 10.7 Å². The van der Waals surface area contributed by atoms with Crippen molar-refractivity contribution in [1.29, 1.82) is 0 Å². The number of rotatable bonds is 5. The smallest absolute Gasteiger partial charge is 0.234 e. The van der Waals surface area contributed by atoms with Crippen molar-refractivity contribution in [3.63, 3.8) is 0 Å². The van der Waals surface area contributed by atoms with E-state index in [1.54, 1.807) is 23.0 Å². The molecule has 0 aliphatic carbocycles. The van der Waals surface area contributed by atoms with Gasteiger partial charge in [0.05, 0.1) is 31.0 Å². The van der Waals surface area contributed by atoms with Crippen molar-refractivity contribution < 1.29 is 14.3 Å². The lowest BCUT2D eigenvalue weighted by Crippen LogP contribution is -2.44. The van der Waals surface area contributed by atoms with Crippen LogP contribution in [0.4, 0.5) is 5.69 Å². The van der Waals surface area contributed by atoms with E-state index in [1.165, 1.54) is 16.9 Å². The van der Waals surface area contributed by atoms with Crippen LogP contribution in [-0.4, -0.2) is 47.0 Å². The van der Waals surface area contributed by atoms with Crippen LogP contribution < -0.4 is 4.90 Å². The maximum Gasteiger partial charge on any atom is 0.234 e. The summed E-state index contributed by atoms with van der Waals surface area (Å²) in [6.45, 7) is 5.19. The summed E-state index contributed by atoms with van der Waals surface area (Å²) in [5.41, 5.74) is 1.38. The van der Waals surface area contributed by atoms with Crippen molar-refractivity contribution in [1.82, 2.24) is 9.88 Å². The molecule has 2 aromatic rings. The molecule has 4 atom stereocenters. The van der Waals surface area contributed by atoms with Crippen molar-refractivity contribution in [3.8, 4) is 0 Å². The molecule has 156 valence electrons. The first-order valence-corrected chi connectivity index (χ1v) is 11.2. The molecule has 1 aromatic heterocycles. The van der Waals surface area contributed by atoms with Crippen LogP contribution >= 0.6 is 11.3 Å². The van der Waals surface area contributed by atoms with Gasteiger partial charge in [-0.2, -0.15) is 0 Å². The number of aromatic nitrogens is 1. The molecule has 1 aromatic carbocycles. The largest absolute Gasteiger partial charge is 0.360 e. The highest BCUT2D eigenvalue weighted by Crippen LogP contribution is 2.53. The molecule has 5 rings (SSSR count). The van der Waals surface area contributed by atoms with Crippen molar-refractivity contribution in [2.75, 3.05) is 18.5 Å². The third-order valence-corrected chi connectivity index (χ3v) is 7.25. The zero-order valence-corrected chi connectivity index (χ0v) is 18.1. The first kappa shape index (κ1) is 19.5. The molecule has 2 fully saturated rings. The minimum Gasteiger partial charge on any atom is -0.360 e. The standard InChI is InChI=1S/C23H25N3O3S/c1-14(2)15-4-6-16(7-5-15)26-13-23-9-8-17(29-23)19(20(23)22(26)28)21(27)25(3)12-18-24-10-11-30-18/h4-11,14,17,19-20H,12-13H2,1-3H3/t17-,19-,20-,23-/m0/s1. The summed E-state index contributed by atoms with van der Waals surface area (Å²) in [5, 5.41) is 2.78. The molecule has 0 N–H and O–H groups in total. The minimum absolute atomic E-state index is 0.0276. The first-order chi connectivity index (χ1) is 14.4. The van der Waals surface area contributed by atoms with Crippen LogP contribution in [0.3, 0.4) is 0 Å². The highest BCUT2D eigenvalue weighted by atomic mass is 32.1. The quantitative estimate of drug-likeness (QED) is 0.693. The molecule has 2 amide bonds. The minimum atomic E-state index is -0.708. The number of amides is 2. The van der Waals surface area contributed by atoms with Crippen LogP contribution in [0.5, 0.6) is 0 Å². The number of ether oxygens (including phenoxy) is 1. The Kier molecular flexibility index (Phi) is 4.56. The van der Waals surface area contributed by atoms with Gasteiger partial charge in [0.2, 0.25) is 11.8 Å². The Bertz CT molecular complexity index is 1000. The monoisotopic (exact) mass is 423 g/mol. The van der Waals surface area contributed by atoms with E-state index >= 15 is 0 Å². The first-order valence-electron chi connectivity index (χ1n) is 10.3. The van der Waals surface area contributed by atoms with Gasteiger partial charge in [0.25, 0.3) is 0 Å². The molecule has 3 aliphatic rings. The zero-order valence-electron chi connectivity index (χ0n) is 17.3. The van der Waals surface area contributed by atoms with Gasteiger partial charge in [-0.25, -0.2) is 4.98 Å². The topological polar surface area (TPSA) is 62.7 Å². The second-order valence-corrected chi connectivity index (χ2v) is 9.67. The average Bonchev–Trinajstić information content (AvgIpc) is 3.50. The number of thiazole rings is 1. The molecule has 0 unspecified atom stereocenters. The Morgan fingerprint density at radius 2 is 2.13 bits per heavy atom. The number of carbonyl (C=O) groups excluding carboxylic acids is 2. The normalized spacial score (nSPS) is 29.1. The van der Waals surface area contributed by atoms with Gasteiger partial charge < -0.3 is 14.5 Å². The van der Waals surface area contributed by atoms with Crippen LogP contribution in [0.1, 0.15) is 30.3 Å². The lowest BCUT2D eigenvalue weighted by molar-refractivity contribution is -0.139. The fourth-order valence-corrected chi connectivity index (χ4v) is 5.57. The summed E-state index contributed by atoms with van der Waals surface area (Å²) < 4.78 is 6.25. The van der Waals surface area contributed by atoms with Gasteiger partial charge in [-0.1, -0.05) is 38.1 Å². The summed E-state index contributed by atoms with van der Waals surface area (Å²) >= 11 is 1.52. The molecule has 3 aliphatic heterocycles. The Labute approximate surface area is 180 Å². The maximum absolute atomic E-state index is 13.5. The van der Waals surface area contributed by atoms with E-state index in [2.05, 4.69) is 31.0 Å². The van der Waals surface area contributed by atoms with E-state index in [0.29, 0.717) is 19.0 Å². The summed E-state index contributed by atoms with van der Waals surface area (Å²) in [6.07, 6.45) is 5.35. The van der Waals surface area contributed by atoms with Crippen molar-refractivity contribution >= 4 is 28.8 Å². The van der Waals surface area contributed by atoms with Crippen molar-refractivity contribution in [3.05, 3.63) is 58.6 Å². The molecule has 6 nitrogen and oxygen atoms in total. The van der Waals surface area contributed by atoms with Gasteiger partial charge in [0.1, 0.15) is 10.6 Å². The number of fused-ring (bicyclic) bond motifs is 1. The van der Waals surface area contributed by atoms with Crippen LogP contribution in [-0.2, 0) is 20.9 Å². The number of benzene rings is 1.